The van der Waals surface area contributed by atoms with Crippen molar-refractivity contribution in [2.24, 2.45) is 0 Å². The lowest BCUT2D eigenvalue weighted by molar-refractivity contribution is 0.279. The molecule has 0 aliphatic carbocycles. The topological polar surface area (TPSA) is 50.3 Å². The first-order valence-corrected chi connectivity index (χ1v) is 8.11. The third-order valence-corrected chi connectivity index (χ3v) is 4.19. The Balaban J connectivity index is 1.72. The number of nitrogens with zero attached hydrogens (tertiary/aromatic N) is 3. The molecule has 0 radical (unpaired) electrons. The average Bonchev–Trinajstić information content (AvgIpc) is 2.53. The molecule has 0 bridgehead atoms. The van der Waals surface area contributed by atoms with Gasteiger partial charge in [0.15, 0.2) is 0 Å². The van der Waals surface area contributed by atoms with Gasteiger partial charge in [-0.25, -0.2) is 4.98 Å². The fourth-order valence-electron chi connectivity index (χ4n) is 2.73. The summed E-state index contributed by atoms with van der Waals surface area (Å²) in [6.45, 7) is 7.59. The maximum atomic E-state index is 5.99. The molecule has 1 aliphatic heterocycles. The Labute approximate surface area is 141 Å². The Kier molecular flexibility index (Phi) is 4.68. The largest absolute Gasteiger partial charge is 0.459 e. The van der Waals surface area contributed by atoms with E-state index in [1.165, 1.54) is 0 Å². The van der Waals surface area contributed by atoms with Crippen LogP contribution >= 0.6 is 11.6 Å². The molecule has 3 rings (SSSR count). The van der Waals surface area contributed by atoms with E-state index in [2.05, 4.69) is 34.0 Å². The molecule has 0 amide bonds. The van der Waals surface area contributed by atoms with E-state index >= 15 is 0 Å². The van der Waals surface area contributed by atoms with Crippen LogP contribution in [0.5, 0.6) is 6.01 Å². The molecular weight excluding hydrogens is 312 g/mol. The first kappa shape index (κ1) is 16.0. The summed E-state index contributed by atoms with van der Waals surface area (Å²) in [5.74, 6) is 0.896. The maximum Gasteiger partial charge on any atom is 0.318 e. The maximum absolute atomic E-state index is 5.99. The number of benzene rings is 1. The summed E-state index contributed by atoms with van der Waals surface area (Å²) in [4.78, 5) is 11.1. The highest BCUT2D eigenvalue weighted by atomic mass is 35.5. The van der Waals surface area contributed by atoms with E-state index in [4.69, 9.17) is 16.3 Å². The number of piperazine rings is 1. The van der Waals surface area contributed by atoms with Gasteiger partial charge in [0.25, 0.3) is 0 Å². The number of halogens is 1. The minimum absolute atomic E-state index is 0.0107. The number of ether oxygens (including phenoxy) is 1. The zero-order valence-electron chi connectivity index (χ0n) is 13.4. The molecular formula is C17H21ClN4O. The lowest BCUT2D eigenvalue weighted by atomic mass is 10.0. The van der Waals surface area contributed by atoms with E-state index in [1.54, 1.807) is 6.20 Å². The predicted octanol–water partition coefficient (Wildman–Crippen LogP) is 2.90. The zero-order valence-corrected chi connectivity index (χ0v) is 14.2. The molecule has 122 valence electrons. The molecule has 1 aromatic heterocycles. The van der Waals surface area contributed by atoms with Crippen LogP contribution in [0.4, 0.5) is 5.82 Å². The second-order valence-corrected chi connectivity index (χ2v) is 6.69. The molecule has 0 unspecified atom stereocenters. The molecule has 1 aliphatic rings. The molecule has 23 heavy (non-hydrogen) atoms. The monoisotopic (exact) mass is 332 g/mol. The van der Waals surface area contributed by atoms with Gasteiger partial charge >= 0.3 is 6.01 Å². The van der Waals surface area contributed by atoms with E-state index in [0.29, 0.717) is 17.6 Å². The SMILES string of the molecule is CC1(C)CNCCN1c1ccnc(OCc2cccc(Cl)c2)n1. The smallest absolute Gasteiger partial charge is 0.318 e. The van der Waals surface area contributed by atoms with Crippen molar-refractivity contribution in [1.29, 1.82) is 0 Å². The Morgan fingerprint density at radius 2 is 2.22 bits per heavy atom. The number of rotatable bonds is 4. The first-order chi connectivity index (χ1) is 11.0. The number of hydrogen-bond donors (Lipinski definition) is 1. The quantitative estimate of drug-likeness (QED) is 0.933. The summed E-state index contributed by atoms with van der Waals surface area (Å²) in [6.07, 6.45) is 1.74. The van der Waals surface area contributed by atoms with Gasteiger partial charge in [-0.1, -0.05) is 23.7 Å². The highest BCUT2D eigenvalue weighted by Gasteiger charge is 2.30. The van der Waals surface area contributed by atoms with Crippen molar-refractivity contribution in [3.8, 4) is 6.01 Å². The fourth-order valence-corrected chi connectivity index (χ4v) is 2.95. The van der Waals surface area contributed by atoms with Gasteiger partial charge in [0.05, 0.1) is 0 Å². The number of hydrogen-bond acceptors (Lipinski definition) is 5. The van der Waals surface area contributed by atoms with Crippen molar-refractivity contribution in [3.63, 3.8) is 0 Å². The van der Waals surface area contributed by atoms with E-state index in [1.807, 2.05) is 30.3 Å². The van der Waals surface area contributed by atoms with Crippen LogP contribution in [0.15, 0.2) is 36.5 Å². The molecule has 0 atom stereocenters. The lowest BCUT2D eigenvalue weighted by Crippen LogP contribution is -2.58. The molecule has 0 saturated carbocycles. The van der Waals surface area contributed by atoms with Gasteiger partial charge < -0.3 is 15.0 Å². The molecule has 1 saturated heterocycles. The standard InChI is InChI=1S/C17H21ClN4O/c1-17(2)12-19-8-9-22(17)15-6-7-20-16(21-15)23-11-13-4-3-5-14(18)10-13/h3-7,10,19H,8-9,11-12H2,1-2H3. The van der Waals surface area contributed by atoms with Crippen LogP contribution in [0, 0.1) is 0 Å². The molecule has 1 aromatic carbocycles. The second-order valence-electron chi connectivity index (χ2n) is 6.26. The van der Waals surface area contributed by atoms with Gasteiger partial charge in [-0.05, 0) is 37.6 Å². The van der Waals surface area contributed by atoms with Gasteiger partial charge in [0, 0.05) is 36.4 Å². The molecule has 2 aromatic rings. The summed E-state index contributed by atoms with van der Waals surface area (Å²) in [5.41, 5.74) is 1.01. The summed E-state index contributed by atoms with van der Waals surface area (Å²) in [7, 11) is 0. The Bertz CT molecular complexity index is 677. The lowest BCUT2D eigenvalue weighted by Gasteiger charge is -2.43. The minimum atomic E-state index is 0.0107. The van der Waals surface area contributed by atoms with Gasteiger partial charge in [0.2, 0.25) is 0 Å². The Hall–Kier alpha value is -1.85. The number of aromatic nitrogens is 2. The normalized spacial score (nSPS) is 17.1. The van der Waals surface area contributed by atoms with Gasteiger partial charge in [-0.3, -0.25) is 0 Å². The summed E-state index contributed by atoms with van der Waals surface area (Å²) < 4.78 is 5.72. The summed E-state index contributed by atoms with van der Waals surface area (Å²) >= 11 is 5.99. The van der Waals surface area contributed by atoms with Gasteiger partial charge in [0.1, 0.15) is 12.4 Å². The zero-order chi connectivity index (χ0) is 16.3. The third-order valence-electron chi connectivity index (χ3n) is 3.95. The van der Waals surface area contributed by atoms with Crippen molar-refractivity contribution < 1.29 is 4.74 Å². The summed E-state index contributed by atoms with van der Waals surface area (Å²) in [6, 6.07) is 9.91. The molecule has 1 N–H and O–H groups in total. The van der Waals surface area contributed by atoms with Crippen LogP contribution in [-0.2, 0) is 6.61 Å². The fraction of sp³-hybridized carbons (Fsp3) is 0.412. The van der Waals surface area contributed by atoms with Crippen LogP contribution in [0.2, 0.25) is 5.02 Å². The van der Waals surface area contributed by atoms with E-state index < -0.39 is 0 Å². The van der Waals surface area contributed by atoms with Crippen molar-refractivity contribution >= 4 is 17.4 Å². The molecule has 1 fully saturated rings. The average molecular weight is 333 g/mol. The third kappa shape index (κ3) is 3.92. The molecule has 2 heterocycles. The van der Waals surface area contributed by atoms with E-state index in [9.17, 15) is 0 Å². The van der Waals surface area contributed by atoms with Crippen LogP contribution in [0.1, 0.15) is 19.4 Å². The van der Waals surface area contributed by atoms with Gasteiger partial charge in [-0.15, -0.1) is 0 Å². The Morgan fingerprint density at radius 3 is 3.00 bits per heavy atom. The second kappa shape index (κ2) is 6.72. The number of anilines is 1. The van der Waals surface area contributed by atoms with Crippen molar-refractivity contribution in [3.05, 3.63) is 47.1 Å². The van der Waals surface area contributed by atoms with Crippen molar-refractivity contribution in [2.75, 3.05) is 24.5 Å². The van der Waals surface area contributed by atoms with Crippen molar-refractivity contribution in [1.82, 2.24) is 15.3 Å². The van der Waals surface area contributed by atoms with Crippen LogP contribution in [-0.4, -0.2) is 35.1 Å². The predicted molar refractivity (Wildman–Crippen MR) is 92.1 cm³/mol. The van der Waals surface area contributed by atoms with Crippen molar-refractivity contribution in [2.45, 2.75) is 26.0 Å². The molecule has 6 heteroatoms. The van der Waals surface area contributed by atoms with E-state index in [0.717, 1.165) is 31.0 Å². The van der Waals surface area contributed by atoms with Crippen LogP contribution in [0.3, 0.4) is 0 Å². The first-order valence-electron chi connectivity index (χ1n) is 7.73. The van der Waals surface area contributed by atoms with Crippen LogP contribution in [0.25, 0.3) is 0 Å². The minimum Gasteiger partial charge on any atom is -0.459 e. The Morgan fingerprint density at radius 1 is 1.35 bits per heavy atom. The van der Waals surface area contributed by atoms with E-state index in [-0.39, 0.29) is 5.54 Å². The molecule has 0 spiro atoms. The highest BCUT2D eigenvalue weighted by molar-refractivity contribution is 6.30. The number of nitrogens with one attached hydrogen (secondary N) is 1. The van der Waals surface area contributed by atoms with Crippen LogP contribution < -0.4 is 15.0 Å². The molecule has 5 nitrogen and oxygen atoms in total. The highest BCUT2D eigenvalue weighted by Crippen LogP contribution is 2.24. The van der Waals surface area contributed by atoms with Gasteiger partial charge in [-0.2, -0.15) is 4.98 Å². The summed E-state index contributed by atoms with van der Waals surface area (Å²) in [5, 5.41) is 4.11.